The van der Waals surface area contributed by atoms with Crippen LogP contribution in [0.4, 0.5) is 4.39 Å². The summed E-state index contributed by atoms with van der Waals surface area (Å²) in [6.45, 7) is 2.10. The van der Waals surface area contributed by atoms with E-state index in [0.29, 0.717) is 23.6 Å². The number of rotatable bonds is 5. The second kappa shape index (κ2) is 5.62. The lowest BCUT2D eigenvalue weighted by Crippen LogP contribution is -2.29. The Morgan fingerprint density at radius 1 is 1.50 bits per heavy atom. The molecule has 0 radical (unpaired) electrons. The zero-order chi connectivity index (χ0) is 12.2. The van der Waals surface area contributed by atoms with Crippen molar-refractivity contribution in [2.45, 2.75) is 25.4 Å². The van der Waals surface area contributed by atoms with Crippen molar-refractivity contribution < 1.29 is 14.2 Å². The van der Waals surface area contributed by atoms with Crippen molar-refractivity contribution in [2.24, 2.45) is 0 Å². The maximum atomic E-state index is 13.4. The van der Waals surface area contributed by atoms with E-state index in [2.05, 4.69) is 0 Å². The third-order valence-corrected chi connectivity index (χ3v) is 2.66. The van der Waals surface area contributed by atoms with E-state index in [0.717, 1.165) is 0 Å². The van der Waals surface area contributed by atoms with Crippen LogP contribution in [-0.4, -0.2) is 24.4 Å². The molecule has 0 bridgehead atoms. The fourth-order valence-electron chi connectivity index (χ4n) is 1.50. The topological polar surface area (TPSA) is 29.5 Å². The van der Waals surface area contributed by atoms with E-state index in [4.69, 9.17) is 16.3 Å². The monoisotopic (exact) mass is 246 g/mol. The molecule has 0 saturated carbocycles. The Labute approximate surface area is 100.0 Å². The van der Waals surface area contributed by atoms with Crippen LogP contribution in [0.1, 0.15) is 18.9 Å². The molecule has 1 atom stereocenters. The first-order valence-corrected chi connectivity index (χ1v) is 5.48. The van der Waals surface area contributed by atoms with Gasteiger partial charge in [0.2, 0.25) is 0 Å². The molecule has 16 heavy (non-hydrogen) atoms. The lowest BCUT2D eigenvalue weighted by atomic mass is 9.93. The highest BCUT2D eigenvalue weighted by Crippen LogP contribution is 2.22. The molecule has 0 aromatic heterocycles. The molecule has 4 heteroatoms. The van der Waals surface area contributed by atoms with Crippen LogP contribution in [0.3, 0.4) is 0 Å². The van der Waals surface area contributed by atoms with E-state index in [1.54, 1.807) is 14.0 Å². The van der Waals surface area contributed by atoms with Crippen LogP contribution in [0.25, 0.3) is 0 Å². The van der Waals surface area contributed by atoms with Gasteiger partial charge in [0.1, 0.15) is 5.82 Å². The van der Waals surface area contributed by atoms with Crippen molar-refractivity contribution in [1.29, 1.82) is 0 Å². The van der Waals surface area contributed by atoms with Gasteiger partial charge in [0.15, 0.2) is 0 Å². The van der Waals surface area contributed by atoms with Crippen LogP contribution in [-0.2, 0) is 11.2 Å². The van der Waals surface area contributed by atoms with E-state index in [-0.39, 0.29) is 12.2 Å². The summed E-state index contributed by atoms with van der Waals surface area (Å²) in [4.78, 5) is 0. The summed E-state index contributed by atoms with van der Waals surface area (Å²) in [6.07, 6.45) is 0.679. The number of methoxy groups -OCH3 is 1. The van der Waals surface area contributed by atoms with Gasteiger partial charge in [-0.25, -0.2) is 4.39 Å². The van der Waals surface area contributed by atoms with Gasteiger partial charge in [0, 0.05) is 25.2 Å². The summed E-state index contributed by atoms with van der Waals surface area (Å²) in [7, 11) is 1.57. The predicted molar refractivity (Wildman–Crippen MR) is 62.2 cm³/mol. The molecule has 0 fully saturated rings. The van der Waals surface area contributed by atoms with Gasteiger partial charge >= 0.3 is 0 Å². The summed E-state index contributed by atoms with van der Waals surface area (Å²) in [5, 5.41) is 10.5. The van der Waals surface area contributed by atoms with E-state index in [9.17, 15) is 9.50 Å². The minimum absolute atomic E-state index is 0.225. The molecular formula is C12H16ClFO2. The molecule has 2 nitrogen and oxygen atoms in total. The average molecular weight is 247 g/mol. The predicted octanol–water partition coefficient (Wildman–Crippen LogP) is 2.81. The van der Waals surface area contributed by atoms with Crippen LogP contribution >= 0.6 is 11.6 Å². The van der Waals surface area contributed by atoms with Gasteiger partial charge in [-0.3, -0.25) is 0 Å². The number of aliphatic hydroxyl groups is 1. The van der Waals surface area contributed by atoms with Crippen molar-refractivity contribution >= 4 is 11.6 Å². The number of ether oxygens (including phenoxy) is 1. The number of hydrogen-bond donors (Lipinski definition) is 1. The Hall–Kier alpha value is -0.640. The first-order chi connectivity index (χ1) is 7.44. The molecule has 0 saturated heterocycles. The molecule has 1 rings (SSSR count). The smallest absolute Gasteiger partial charge is 0.126 e. The van der Waals surface area contributed by atoms with Gasteiger partial charge in [-0.05, 0) is 37.1 Å². The van der Waals surface area contributed by atoms with Crippen molar-refractivity contribution in [3.8, 4) is 0 Å². The van der Waals surface area contributed by atoms with Crippen molar-refractivity contribution in [1.82, 2.24) is 0 Å². The van der Waals surface area contributed by atoms with Gasteiger partial charge in [0.25, 0.3) is 0 Å². The van der Waals surface area contributed by atoms with E-state index in [1.165, 1.54) is 18.2 Å². The fraction of sp³-hybridized carbons (Fsp3) is 0.500. The van der Waals surface area contributed by atoms with Crippen molar-refractivity contribution in [3.63, 3.8) is 0 Å². The highest BCUT2D eigenvalue weighted by molar-refractivity contribution is 6.30. The molecule has 0 aliphatic heterocycles. The molecule has 0 heterocycles. The maximum absolute atomic E-state index is 13.4. The number of halogens is 2. The van der Waals surface area contributed by atoms with Crippen LogP contribution in [0.5, 0.6) is 0 Å². The SMILES string of the molecule is COCCC(C)(O)Cc1cc(Cl)ccc1F. The molecule has 0 aliphatic carbocycles. The van der Waals surface area contributed by atoms with Gasteiger partial charge in [0.05, 0.1) is 5.60 Å². The molecule has 1 aromatic carbocycles. The average Bonchev–Trinajstić information content (AvgIpc) is 2.20. The quantitative estimate of drug-likeness (QED) is 0.866. The minimum Gasteiger partial charge on any atom is -0.390 e. The number of benzene rings is 1. The third kappa shape index (κ3) is 4.08. The summed E-state index contributed by atoms with van der Waals surface area (Å²) in [5.41, 5.74) is -0.560. The zero-order valence-electron chi connectivity index (χ0n) is 9.46. The molecule has 1 unspecified atom stereocenters. The largest absolute Gasteiger partial charge is 0.390 e. The van der Waals surface area contributed by atoms with E-state index >= 15 is 0 Å². The van der Waals surface area contributed by atoms with Gasteiger partial charge in [-0.2, -0.15) is 0 Å². The Bertz CT molecular complexity index is 353. The lowest BCUT2D eigenvalue weighted by molar-refractivity contribution is 0.0243. The second-order valence-corrected chi connectivity index (χ2v) is 4.59. The molecule has 1 aromatic rings. The first-order valence-electron chi connectivity index (χ1n) is 5.10. The Balaban J connectivity index is 2.74. The van der Waals surface area contributed by atoms with E-state index in [1.807, 2.05) is 0 Å². The molecule has 1 N–H and O–H groups in total. The summed E-state index contributed by atoms with van der Waals surface area (Å²) >= 11 is 5.78. The summed E-state index contributed by atoms with van der Waals surface area (Å²) in [5.74, 6) is -0.345. The van der Waals surface area contributed by atoms with Crippen LogP contribution in [0.2, 0.25) is 5.02 Å². The summed E-state index contributed by atoms with van der Waals surface area (Å²) < 4.78 is 18.3. The normalized spacial score (nSPS) is 14.8. The molecule has 0 amide bonds. The molecule has 90 valence electrons. The van der Waals surface area contributed by atoms with Crippen LogP contribution < -0.4 is 0 Å². The third-order valence-electron chi connectivity index (χ3n) is 2.42. The molecular weight excluding hydrogens is 231 g/mol. The maximum Gasteiger partial charge on any atom is 0.126 e. The standard InChI is InChI=1S/C12H16ClFO2/c1-12(15,5-6-16-2)8-9-7-10(13)3-4-11(9)14/h3-4,7,15H,5-6,8H2,1-2H3. The second-order valence-electron chi connectivity index (χ2n) is 4.15. The highest BCUT2D eigenvalue weighted by Gasteiger charge is 2.22. The van der Waals surface area contributed by atoms with Gasteiger partial charge in [-0.15, -0.1) is 0 Å². The van der Waals surface area contributed by atoms with Gasteiger partial charge < -0.3 is 9.84 Å². The fourth-order valence-corrected chi connectivity index (χ4v) is 1.69. The number of hydrogen-bond acceptors (Lipinski definition) is 2. The molecule has 0 spiro atoms. The van der Waals surface area contributed by atoms with Crippen molar-refractivity contribution in [2.75, 3.05) is 13.7 Å². The summed E-state index contributed by atoms with van der Waals surface area (Å²) in [6, 6.07) is 4.34. The Morgan fingerprint density at radius 3 is 2.81 bits per heavy atom. The first kappa shape index (κ1) is 13.4. The zero-order valence-corrected chi connectivity index (χ0v) is 10.2. The van der Waals surface area contributed by atoms with E-state index < -0.39 is 5.60 Å². The lowest BCUT2D eigenvalue weighted by Gasteiger charge is -2.23. The highest BCUT2D eigenvalue weighted by atomic mass is 35.5. The van der Waals surface area contributed by atoms with Crippen molar-refractivity contribution in [3.05, 3.63) is 34.6 Å². The molecule has 0 aliphatic rings. The van der Waals surface area contributed by atoms with Crippen LogP contribution in [0, 0.1) is 5.82 Å². The van der Waals surface area contributed by atoms with Crippen LogP contribution in [0.15, 0.2) is 18.2 Å². The Morgan fingerprint density at radius 2 is 2.19 bits per heavy atom. The van der Waals surface area contributed by atoms with Gasteiger partial charge in [-0.1, -0.05) is 11.6 Å². The Kier molecular flexibility index (Phi) is 4.71. The minimum atomic E-state index is -0.985.